The van der Waals surface area contributed by atoms with Crippen molar-refractivity contribution in [3.05, 3.63) is 29.6 Å². The van der Waals surface area contributed by atoms with Gasteiger partial charge in [-0.3, -0.25) is 0 Å². The van der Waals surface area contributed by atoms with Crippen molar-refractivity contribution >= 4 is 12.6 Å². The molecule has 0 amide bonds. The lowest BCUT2D eigenvalue weighted by molar-refractivity contribution is 0.423. The highest BCUT2D eigenvalue weighted by molar-refractivity contribution is 6.58. The van der Waals surface area contributed by atoms with Gasteiger partial charge in [-0.25, -0.2) is 4.39 Å². The number of rotatable bonds is 4. The molecule has 0 fully saturated rings. The number of unbranched alkanes of at least 4 members (excludes halogenated alkanes) is 1. The van der Waals surface area contributed by atoms with Gasteiger partial charge in [0.25, 0.3) is 0 Å². The Balaban J connectivity index is 2.78. The summed E-state index contributed by atoms with van der Waals surface area (Å²) >= 11 is 0. The van der Waals surface area contributed by atoms with Crippen molar-refractivity contribution in [2.24, 2.45) is 0 Å². The molecule has 4 heteroatoms. The maximum Gasteiger partial charge on any atom is 0.491 e. The number of benzene rings is 1. The van der Waals surface area contributed by atoms with Crippen LogP contribution in [0.15, 0.2) is 18.2 Å². The molecule has 2 N–H and O–H groups in total. The molecule has 0 atom stereocenters. The van der Waals surface area contributed by atoms with E-state index in [0.717, 1.165) is 24.8 Å². The van der Waals surface area contributed by atoms with E-state index in [-0.39, 0.29) is 5.46 Å². The molecule has 0 saturated heterocycles. The van der Waals surface area contributed by atoms with E-state index in [9.17, 15) is 4.39 Å². The van der Waals surface area contributed by atoms with Crippen LogP contribution in [0.4, 0.5) is 4.39 Å². The highest BCUT2D eigenvalue weighted by atomic mass is 19.1. The van der Waals surface area contributed by atoms with E-state index < -0.39 is 12.9 Å². The fraction of sp³-hybridized carbons (Fsp3) is 0.400. The largest absolute Gasteiger partial charge is 0.491 e. The Hall–Kier alpha value is -0.865. The van der Waals surface area contributed by atoms with Crippen molar-refractivity contribution in [1.29, 1.82) is 0 Å². The lowest BCUT2D eigenvalue weighted by Gasteiger charge is -2.04. The summed E-state index contributed by atoms with van der Waals surface area (Å²) < 4.78 is 13.2. The third kappa shape index (κ3) is 2.82. The number of hydrogen-bond acceptors (Lipinski definition) is 2. The summed E-state index contributed by atoms with van der Waals surface area (Å²) in [7, 11) is -1.73. The SMILES string of the molecule is CCCCc1ccc(B(O)O)c(F)c1. The maximum atomic E-state index is 13.2. The Labute approximate surface area is 83.5 Å². The molecule has 0 saturated carbocycles. The van der Waals surface area contributed by atoms with Gasteiger partial charge in [0.2, 0.25) is 0 Å². The molecule has 1 aromatic rings. The van der Waals surface area contributed by atoms with Gasteiger partial charge in [0, 0.05) is 5.46 Å². The van der Waals surface area contributed by atoms with Crippen molar-refractivity contribution in [2.75, 3.05) is 0 Å². The van der Waals surface area contributed by atoms with E-state index in [0.29, 0.717) is 0 Å². The van der Waals surface area contributed by atoms with E-state index in [1.807, 2.05) is 0 Å². The predicted octanol–water partition coefficient (Wildman–Crippen LogP) is 0.848. The molecule has 0 bridgehead atoms. The third-order valence-corrected chi connectivity index (χ3v) is 2.16. The molecule has 0 aliphatic carbocycles. The molecule has 0 aromatic heterocycles. The summed E-state index contributed by atoms with van der Waals surface area (Å²) in [6.45, 7) is 2.07. The minimum absolute atomic E-state index is 0.0646. The first kappa shape index (κ1) is 11.2. The van der Waals surface area contributed by atoms with Crippen LogP contribution in [0.5, 0.6) is 0 Å². The molecule has 0 aliphatic heterocycles. The minimum atomic E-state index is -1.73. The van der Waals surface area contributed by atoms with Crippen LogP contribution in [0.25, 0.3) is 0 Å². The molecule has 14 heavy (non-hydrogen) atoms. The molecule has 0 spiro atoms. The Morgan fingerprint density at radius 1 is 1.36 bits per heavy atom. The first-order chi connectivity index (χ1) is 6.65. The zero-order valence-corrected chi connectivity index (χ0v) is 8.20. The molecule has 1 rings (SSSR count). The normalized spacial score (nSPS) is 10.3. The zero-order chi connectivity index (χ0) is 10.6. The van der Waals surface area contributed by atoms with Crippen molar-refractivity contribution < 1.29 is 14.4 Å². The van der Waals surface area contributed by atoms with Gasteiger partial charge in [-0.2, -0.15) is 0 Å². The highest BCUT2D eigenvalue weighted by Gasteiger charge is 2.15. The third-order valence-electron chi connectivity index (χ3n) is 2.16. The summed E-state index contributed by atoms with van der Waals surface area (Å²) in [4.78, 5) is 0. The molecule has 76 valence electrons. The summed E-state index contributed by atoms with van der Waals surface area (Å²) in [5.74, 6) is -0.548. The molecular weight excluding hydrogens is 182 g/mol. The van der Waals surface area contributed by atoms with E-state index in [1.54, 1.807) is 6.07 Å². The van der Waals surface area contributed by atoms with Crippen LogP contribution in [0, 0.1) is 5.82 Å². The monoisotopic (exact) mass is 196 g/mol. The minimum Gasteiger partial charge on any atom is -0.423 e. The number of aryl methyl sites for hydroxylation is 1. The predicted molar refractivity (Wildman–Crippen MR) is 54.8 cm³/mol. The van der Waals surface area contributed by atoms with E-state index in [1.165, 1.54) is 12.1 Å². The van der Waals surface area contributed by atoms with Crippen LogP contribution in [0.3, 0.4) is 0 Å². The second-order valence-corrected chi connectivity index (χ2v) is 3.33. The van der Waals surface area contributed by atoms with Gasteiger partial charge in [-0.15, -0.1) is 0 Å². The van der Waals surface area contributed by atoms with Crippen LogP contribution in [-0.4, -0.2) is 17.2 Å². The smallest absolute Gasteiger partial charge is 0.423 e. The quantitative estimate of drug-likeness (QED) is 0.700. The summed E-state index contributed by atoms with van der Waals surface area (Å²) in [6.07, 6.45) is 2.90. The molecular formula is C10H14BFO2. The number of hydrogen-bond donors (Lipinski definition) is 2. The highest BCUT2D eigenvalue weighted by Crippen LogP contribution is 2.06. The van der Waals surface area contributed by atoms with Crippen molar-refractivity contribution in [3.8, 4) is 0 Å². The second-order valence-electron chi connectivity index (χ2n) is 3.33. The molecule has 0 unspecified atom stereocenters. The van der Waals surface area contributed by atoms with Gasteiger partial charge in [0.15, 0.2) is 0 Å². The Morgan fingerprint density at radius 2 is 2.07 bits per heavy atom. The zero-order valence-electron chi connectivity index (χ0n) is 8.20. The topological polar surface area (TPSA) is 40.5 Å². The maximum absolute atomic E-state index is 13.2. The molecule has 0 aliphatic rings. The average Bonchev–Trinajstić information content (AvgIpc) is 2.14. The second kappa shape index (κ2) is 5.12. The summed E-state index contributed by atoms with van der Waals surface area (Å²) in [5, 5.41) is 17.6. The Bertz CT molecular complexity index is 302. The molecule has 1 aromatic carbocycles. The molecule has 0 heterocycles. The van der Waals surface area contributed by atoms with Crippen LogP contribution in [0.1, 0.15) is 25.3 Å². The fourth-order valence-corrected chi connectivity index (χ4v) is 1.32. The van der Waals surface area contributed by atoms with E-state index in [2.05, 4.69) is 6.92 Å². The van der Waals surface area contributed by atoms with Crippen molar-refractivity contribution in [2.45, 2.75) is 26.2 Å². The molecule has 0 radical (unpaired) electrons. The average molecular weight is 196 g/mol. The van der Waals surface area contributed by atoms with Crippen LogP contribution >= 0.6 is 0 Å². The van der Waals surface area contributed by atoms with Crippen LogP contribution in [0.2, 0.25) is 0 Å². The molecule has 2 nitrogen and oxygen atoms in total. The fourth-order valence-electron chi connectivity index (χ4n) is 1.32. The van der Waals surface area contributed by atoms with E-state index >= 15 is 0 Å². The van der Waals surface area contributed by atoms with Crippen LogP contribution in [-0.2, 0) is 6.42 Å². The Kier molecular flexibility index (Phi) is 4.10. The summed E-state index contributed by atoms with van der Waals surface area (Å²) in [6, 6.07) is 4.52. The van der Waals surface area contributed by atoms with Gasteiger partial charge in [-0.05, 0) is 24.5 Å². The Morgan fingerprint density at radius 3 is 2.57 bits per heavy atom. The van der Waals surface area contributed by atoms with Gasteiger partial charge in [0.1, 0.15) is 5.82 Å². The first-order valence-corrected chi connectivity index (χ1v) is 4.79. The number of halogens is 1. The standard InChI is InChI=1S/C10H14BFO2/c1-2-3-4-8-5-6-9(11(13)14)10(12)7-8/h5-7,13-14H,2-4H2,1H3. The van der Waals surface area contributed by atoms with Gasteiger partial charge in [0.05, 0.1) is 0 Å². The van der Waals surface area contributed by atoms with E-state index in [4.69, 9.17) is 10.0 Å². The lowest BCUT2D eigenvalue weighted by atomic mass is 9.79. The summed E-state index contributed by atoms with van der Waals surface area (Å²) in [5.41, 5.74) is 0.832. The first-order valence-electron chi connectivity index (χ1n) is 4.79. The lowest BCUT2D eigenvalue weighted by Crippen LogP contribution is -2.32. The van der Waals surface area contributed by atoms with Crippen molar-refractivity contribution in [1.82, 2.24) is 0 Å². The van der Waals surface area contributed by atoms with Gasteiger partial charge < -0.3 is 10.0 Å². The van der Waals surface area contributed by atoms with Crippen molar-refractivity contribution in [3.63, 3.8) is 0 Å². The van der Waals surface area contributed by atoms with Crippen LogP contribution < -0.4 is 5.46 Å². The van der Waals surface area contributed by atoms with Gasteiger partial charge in [-0.1, -0.05) is 25.5 Å². The van der Waals surface area contributed by atoms with Gasteiger partial charge >= 0.3 is 7.12 Å².